The van der Waals surface area contributed by atoms with Crippen LogP contribution in [0.4, 0.5) is 0 Å². The van der Waals surface area contributed by atoms with Crippen molar-refractivity contribution in [3.63, 3.8) is 0 Å². The quantitative estimate of drug-likeness (QED) is 0.675. The third-order valence-electron chi connectivity index (χ3n) is 6.16. The van der Waals surface area contributed by atoms with E-state index in [9.17, 15) is 9.59 Å². The first-order chi connectivity index (χ1) is 14.7. The number of piperidine rings is 1. The second-order valence-corrected chi connectivity index (χ2v) is 8.85. The third kappa shape index (κ3) is 3.80. The minimum Gasteiger partial charge on any atom is -0.349 e. The molecule has 8 nitrogen and oxygen atoms in total. The number of carbonyl (C=O) groups is 2. The number of carbonyl (C=O) groups excluding carboxylic acids is 2. The number of likely N-dealkylation sites (tertiary alicyclic amines) is 1. The summed E-state index contributed by atoms with van der Waals surface area (Å²) in [6, 6.07) is 3.78. The molecule has 9 heteroatoms. The standard InChI is InChI=1S/C22H27ClN6O2/c1-12-8-15(9-17-19(12)24-11-27(17)4)22(31)29-7-6-16(13(2)10-29)25-21(30)18-14(3)26-28(5)20(18)23/h8-9,11,13,16H,6-7,10H2,1-5H3,(H,25,30)/t13-,16+/m0/s1. The summed E-state index contributed by atoms with van der Waals surface area (Å²) in [5.41, 5.74) is 4.53. The maximum absolute atomic E-state index is 13.2. The average molecular weight is 443 g/mol. The second-order valence-electron chi connectivity index (χ2n) is 8.49. The Morgan fingerprint density at radius 1 is 1.23 bits per heavy atom. The number of aromatic nitrogens is 4. The molecule has 2 atom stereocenters. The van der Waals surface area contributed by atoms with Crippen molar-refractivity contribution in [1.82, 2.24) is 29.5 Å². The van der Waals surface area contributed by atoms with Crippen LogP contribution < -0.4 is 5.32 Å². The molecule has 3 aromatic rings. The van der Waals surface area contributed by atoms with E-state index >= 15 is 0 Å². The number of hydrogen-bond donors (Lipinski definition) is 1. The summed E-state index contributed by atoms with van der Waals surface area (Å²) in [7, 11) is 3.64. The van der Waals surface area contributed by atoms with E-state index in [0.717, 1.165) is 16.6 Å². The fourth-order valence-corrected chi connectivity index (χ4v) is 4.64. The number of hydrogen-bond acceptors (Lipinski definition) is 4. The zero-order valence-electron chi connectivity index (χ0n) is 18.4. The van der Waals surface area contributed by atoms with E-state index in [0.29, 0.717) is 41.5 Å². The van der Waals surface area contributed by atoms with Crippen LogP contribution in [0.1, 0.15) is 45.3 Å². The van der Waals surface area contributed by atoms with E-state index in [1.54, 1.807) is 20.3 Å². The molecule has 1 aliphatic rings. The van der Waals surface area contributed by atoms with Gasteiger partial charge in [-0.2, -0.15) is 5.10 Å². The van der Waals surface area contributed by atoms with E-state index in [1.165, 1.54) is 4.68 Å². The lowest BCUT2D eigenvalue weighted by molar-refractivity contribution is 0.0633. The summed E-state index contributed by atoms with van der Waals surface area (Å²) in [5, 5.41) is 7.63. The van der Waals surface area contributed by atoms with Crippen molar-refractivity contribution in [2.75, 3.05) is 13.1 Å². The van der Waals surface area contributed by atoms with Crippen molar-refractivity contribution in [3.8, 4) is 0 Å². The number of rotatable bonds is 3. The van der Waals surface area contributed by atoms with Crippen molar-refractivity contribution in [2.45, 2.75) is 33.2 Å². The Hall–Kier alpha value is -2.87. The molecule has 3 heterocycles. The molecule has 0 aliphatic carbocycles. The van der Waals surface area contributed by atoms with Gasteiger partial charge >= 0.3 is 0 Å². The average Bonchev–Trinajstić information content (AvgIpc) is 3.22. The molecule has 1 fully saturated rings. The van der Waals surface area contributed by atoms with Crippen molar-refractivity contribution in [2.24, 2.45) is 20.0 Å². The van der Waals surface area contributed by atoms with Gasteiger partial charge in [0.15, 0.2) is 0 Å². The molecule has 164 valence electrons. The molecule has 0 bridgehead atoms. The van der Waals surface area contributed by atoms with Crippen molar-refractivity contribution >= 4 is 34.4 Å². The molecule has 0 unspecified atom stereocenters. The van der Waals surface area contributed by atoms with Gasteiger partial charge in [-0.15, -0.1) is 0 Å². The van der Waals surface area contributed by atoms with E-state index in [2.05, 4.69) is 22.3 Å². The number of halogens is 1. The van der Waals surface area contributed by atoms with Gasteiger partial charge in [0, 0.05) is 38.8 Å². The summed E-state index contributed by atoms with van der Waals surface area (Å²) in [6.45, 7) is 6.95. The highest BCUT2D eigenvalue weighted by Crippen LogP contribution is 2.24. The lowest BCUT2D eigenvalue weighted by Crippen LogP contribution is -2.51. The molecular formula is C22H27ClN6O2. The molecule has 0 saturated carbocycles. The lowest BCUT2D eigenvalue weighted by Gasteiger charge is -2.37. The van der Waals surface area contributed by atoms with Crippen LogP contribution in [0, 0.1) is 19.8 Å². The van der Waals surface area contributed by atoms with Gasteiger partial charge in [0.2, 0.25) is 0 Å². The fourth-order valence-electron chi connectivity index (χ4n) is 4.38. The van der Waals surface area contributed by atoms with Crippen LogP contribution in [-0.2, 0) is 14.1 Å². The molecule has 0 radical (unpaired) electrons. The smallest absolute Gasteiger partial charge is 0.256 e. The van der Waals surface area contributed by atoms with Crippen LogP contribution in [-0.4, -0.2) is 55.2 Å². The van der Waals surface area contributed by atoms with E-state index in [4.69, 9.17) is 11.6 Å². The summed E-state index contributed by atoms with van der Waals surface area (Å²) >= 11 is 6.23. The van der Waals surface area contributed by atoms with E-state index in [1.807, 2.05) is 35.6 Å². The molecule has 1 aliphatic heterocycles. The van der Waals surface area contributed by atoms with Gasteiger partial charge in [-0.05, 0) is 43.9 Å². The Kier molecular flexibility index (Phi) is 5.51. The minimum absolute atomic E-state index is 0.00831. The van der Waals surface area contributed by atoms with Crippen LogP contribution in [0.15, 0.2) is 18.5 Å². The van der Waals surface area contributed by atoms with Crippen LogP contribution in [0.2, 0.25) is 5.15 Å². The minimum atomic E-state index is -0.218. The first-order valence-electron chi connectivity index (χ1n) is 10.4. The molecule has 31 heavy (non-hydrogen) atoms. The van der Waals surface area contributed by atoms with E-state index in [-0.39, 0.29) is 23.8 Å². The van der Waals surface area contributed by atoms with Crippen LogP contribution in [0.25, 0.3) is 11.0 Å². The molecule has 1 aromatic carbocycles. The van der Waals surface area contributed by atoms with Crippen molar-refractivity contribution in [3.05, 3.63) is 46.0 Å². The number of imidazole rings is 1. The zero-order valence-corrected chi connectivity index (χ0v) is 19.2. The number of nitrogens with zero attached hydrogens (tertiary/aromatic N) is 5. The molecule has 2 amide bonds. The highest BCUT2D eigenvalue weighted by molar-refractivity contribution is 6.33. The van der Waals surface area contributed by atoms with Crippen LogP contribution in [0.5, 0.6) is 0 Å². The van der Waals surface area contributed by atoms with Gasteiger partial charge in [0.1, 0.15) is 5.15 Å². The molecule has 0 spiro atoms. The predicted octanol–water partition coefficient (Wildman–Crippen LogP) is 2.86. The van der Waals surface area contributed by atoms with Gasteiger partial charge in [0.25, 0.3) is 11.8 Å². The predicted molar refractivity (Wildman–Crippen MR) is 119 cm³/mol. The van der Waals surface area contributed by atoms with Crippen molar-refractivity contribution < 1.29 is 9.59 Å². The topological polar surface area (TPSA) is 85.1 Å². The van der Waals surface area contributed by atoms with Gasteiger partial charge in [-0.3, -0.25) is 14.3 Å². The molecular weight excluding hydrogens is 416 g/mol. The first kappa shape index (κ1) is 21.4. The summed E-state index contributed by atoms with van der Waals surface area (Å²) in [4.78, 5) is 32.2. The lowest BCUT2D eigenvalue weighted by atomic mass is 9.93. The van der Waals surface area contributed by atoms with E-state index < -0.39 is 0 Å². The SMILES string of the molecule is Cc1nn(C)c(Cl)c1C(=O)N[C@@H]1CCN(C(=O)c2cc(C)c3ncn(C)c3c2)C[C@@H]1C. The highest BCUT2D eigenvalue weighted by atomic mass is 35.5. The maximum atomic E-state index is 13.2. The Balaban J connectivity index is 1.46. The molecule has 4 rings (SSSR count). The highest BCUT2D eigenvalue weighted by Gasteiger charge is 2.32. The van der Waals surface area contributed by atoms with Crippen LogP contribution >= 0.6 is 11.6 Å². The number of amides is 2. The zero-order chi connectivity index (χ0) is 22.4. The van der Waals surface area contributed by atoms with Crippen LogP contribution in [0.3, 0.4) is 0 Å². The van der Waals surface area contributed by atoms with Gasteiger partial charge in [-0.25, -0.2) is 4.98 Å². The molecule has 1 saturated heterocycles. The number of benzene rings is 1. The number of aryl methyl sites for hydroxylation is 4. The Bertz CT molecular complexity index is 1180. The summed E-state index contributed by atoms with van der Waals surface area (Å²) < 4.78 is 3.42. The fraction of sp³-hybridized carbons (Fsp3) is 0.455. The number of fused-ring (bicyclic) bond motifs is 1. The third-order valence-corrected chi connectivity index (χ3v) is 6.59. The van der Waals surface area contributed by atoms with Crippen molar-refractivity contribution in [1.29, 1.82) is 0 Å². The van der Waals surface area contributed by atoms with Gasteiger partial charge in [0.05, 0.1) is 28.6 Å². The molecule has 2 aromatic heterocycles. The Labute approximate surface area is 186 Å². The maximum Gasteiger partial charge on any atom is 0.256 e. The largest absolute Gasteiger partial charge is 0.349 e. The van der Waals surface area contributed by atoms with Gasteiger partial charge in [-0.1, -0.05) is 18.5 Å². The van der Waals surface area contributed by atoms with Gasteiger partial charge < -0.3 is 14.8 Å². The summed E-state index contributed by atoms with van der Waals surface area (Å²) in [6.07, 6.45) is 2.45. The molecule has 1 N–H and O–H groups in total. The first-order valence-corrected chi connectivity index (χ1v) is 10.8. The Morgan fingerprint density at radius 3 is 2.61 bits per heavy atom. The number of nitrogens with one attached hydrogen (secondary N) is 1. The second kappa shape index (κ2) is 8.00. The normalized spacial score (nSPS) is 19.1. The monoisotopic (exact) mass is 442 g/mol. The Morgan fingerprint density at radius 2 is 1.97 bits per heavy atom. The summed E-state index contributed by atoms with van der Waals surface area (Å²) in [5.74, 6) is -0.0996.